The Hall–Kier alpha value is -2.99. The molecule has 6 heteroatoms. The average molecular weight is 346 g/mol. The normalized spacial score (nSPS) is 11.6. The van der Waals surface area contributed by atoms with Gasteiger partial charge in [-0.2, -0.15) is 9.61 Å². The lowest BCUT2D eigenvalue weighted by molar-refractivity contribution is 0.622. The zero-order valence-corrected chi connectivity index (χ0v) is 14.5. The summed E-state index contributed by atoms with van der Waals surface area (Å²) in [6.45, 7) is 4.19. The Labute approximate surface area is 147 Å². The molecule has 0 saturated heterocycles. The largest absolute Gasteiger partial charge is 0.453 e. The zero-order valence-electron chi connectivity index (χ0n) is 13.7. The predicted octanol–water partition coefficient (Wildman–Crippen LogP) is 4.88. The maximum absolute atomic E-state index is 5.92. The molecule has 0 N–H and O–H groups in total. The molecule has 0 spiro atoms. The molecule has 0 atom stereocenters. The van der Waals surface area contributed by atoms with Crippen LogP contribution in [0, 0.1) is 13.8 Å². The van der Waals surface area contributed by atoms with E-state index in [9.17, 15) is 0 Å². The number of aryl methyl sites for hydroxylation is 2. The summed E-state index contributed by atoms with van der Waals surface area (Å²) in [6.07, 6.45) is 0. The summed E-state index contributed by atoms with van der Waals surface area (Å²) in [5, 5.41) is 15.2. The van der Waals surface area contributed by atoms with Crippen molar-refractivity contribution in [2.24, 2.45) is 0 Å². The van der Waals surface area contributed by atoms with E-state index in [1.807, 2.05) is 30.3 Å². The van der Waals surface area contributed by atoms with Crippen LogP contribution >= 0.6 is 11.3 Å². The summed E-state index contributed by atoms with van der Waals surface area (Å²) in [7, 11) is 0. The number of hydrogen-bond donors (Lipinski definition) is 0. The first kappa shape index (κ1) is 14.4. The van der Waals surface area contributed by atoms with E-state index in [1.165, 1.54) is 22.5 Å². The van der Waals surface area contributed by atoms with Crippen molar-refractivity contribution < 1.29 is 4.42 Å². The highest BCUT2D eigenvalue weighted by Gasteiger charge is 2.18. The third kappa shape index (κ3) is 2.26. The Kier molecular flexibility index (Phi) is 3.02. The van der Waals surface area contributed by atoms with Gasteiger partial charge in [-0.15, -0.1) is 10.2 Å². The minimum Gasteiger partial charge on any atom is -0.453 e. The smallest absolute Gasteiger partial charge is 0.235 e. The molecule has 3 heterocycles. The lowest BCUT2D eigenvalue weighted by Crippen LogP contribution is -1.90. The fourth-order valence-electron chi connectivity index (χ4n) is 3.03. The first-order valence-electron chi connectivity index (χ1n) is 7.98. The minimum atomic E-state index is 0.624. The van der Waals surface area contributed by atoms with Crippen molar-refractivity contribution in [3.8, 4) is 22.2 Å². The van der Waals surface area contributed by atoms with E-state index in [0.717, 1.165) is 26.5 Å². The highest BCUT2D eigenvalue weighted by Crippen LogP contribution is 2.32. The standard InChI is InChI=1S/C19H14N4OS/c1-11-7-8-14(12(2)9-11)18-22-23-17(20-21-19(23)25-18)16-10-13-5-3-4-6-15(13)24-16/h3-10H,1-2H3. The van der Waals surface area contributed by atoms with Crippen molar-refractivity contribution in [2.75, 3.05) is 0 Å². The SMILES string of the molecule is Cc1ccc(-c2nn3c(-c4cc5ccccc5o4)nnc3s2)c(C)c1. The van der Waals surface area contributed by atoms with E-state index in [4.69, 9.17) is 9.52 Å². The lowest BCUT2D eigenvalue weighted by Gasteiger charge is -2.02. The second kappa shape index (κ2) is 5.26. The summed E-state index contributed by atoms with van der Waals surface area (Å²) >= 11 is 1.53. The van der Waals surface area contributed by atoms with Gasteiger partial charge >= 0.3 is 0 Å². The summed E-state index contributed by atoms with van der Waals surface area (Å²) in [4.78, 5) is 0.755. The van der Waals surface area contributed by atoms with Crippen LogP contribution in [0.1, 0.15) is 11.1 Å². The van der Waals surface area contributed by atoms with Crippen LogP contribution < -0.4 is 0 Å². The maximum atomic E-state index is 5.92. The van der Waals surface area contributed by atoms with E-state index in [0.29, 0.717) is 11.6 Å². The van der Waals surface area contributed by atoms with Crippen LogP contribution in [0.5, 0.6) is 0 Å². The molecule has 5 rings (SSSR count). The van der Waals surface area contributed by atoms with Gasteiger partial charge in [0.1, 0.15) is 10.6 Å². The molecule has 25 heavy (non-hydrogen) atoms. The Balaban J connectivity index is 1.67. The van der Waals surface area contributed by atoms with Crippen LogP contribution in [0.3, 0.4) is 0 Å². The lowest BCUT2D eigenvalue weighted by atomic mass is 10.1. The number of aromatic nitrogens is 4. The van der Waals surface area contributed by atoms with Gasteiger partial charge in [-0.1, -0.05) is 53.3 Å². The number of furan rings is 1. The topological polar surface area (TPSA) is 56.2 Å². The van der Waals surface area contributed by atoms with Crippen LogP contribution in [0.25, 0.3) is 38.1 Å². The molecule has 0 aliphatic carbocycles. The number of nitrogens with zero attached hydrogens (tertiary/aromatic N) is 4. The third-order valence-electron chi connectivity index (χ3n) is 4.25. The molecule has 5 aromatic rings. The molecule has 2 aromatic carbocycles. The molecule has 0 fully saturated rings. The van der Waals surface area contributed by atoms with Gasteiger partial charge in [-0.05, 0) is 31.5 Å². The Morgan fingerprint density at radius 1 is 1.00 bits per heavy atom. The van der Waals surface area contributed by atoms with Crippen molar-refractivity contribution in [1.82, 2.24) is 19.8 Å². The van der Waals surface area contributed by atoms with Crippen LogP contribution in [0.4, 0.5) is 0 Å². The van der Waals surface area contributed by atoms with Gasteiger partial charge in [0, 0.05) is 10.9 Å². The van der Waals surface area contributed by atoms with Gasteiger partial charge in [0.25, 0.3) is 0 Å². The highest BCUT2D eigenvalue weighted by molar-refractivity contribution is 7.19. The van der Waals surface area contributed by atoms with Crippen molar-refractivity contribution in [2.45, 2.75) is 13.8 Å². The molecule has 0 unspecified atom stereocenters. The summed E-state index contributed by atoms with van der Waals surface area (Å²) < 4.78 is 7.68. The maximum Gasteiger partial charge on any atom is 0.235 e. The Morgan fingerprint density at radius 2 is 1.88 bits per heavy atom. The zero-order chi connectivity index (χ0) is 17.0. The first-order chi connectivity index (χ1) is 12.2. The molecular weight excluding hydrogens is 332 g/mol. The molecule has 0 radical (unpaired) electrons. The molecular formula is C19H14N4OS. The molecule has 0 saturated carbocycles. The van der Waals surface area contributed by atoms with Gasteiger partial charge in [0.2, 0.25) is 10.8 Å². The first-order valence-corrected chi connectivity index (χ1v) is 8.79. The quantitative estimate of drug-likeness (QED) is 0.457. The molecule has 0 bridgehead atoms. The van der Waals surface area contributed by atoms with E-state index < -0.39 is 0 Å². The molecule has 5 nitrogen and oxygen atoms in total. The van der Waals surface area contributed by atoms with E-state index >= 15 is 0 Å². The number of para-hydroxylation sites is 1. The van der Waals surface area contributed by atoms with Crippen LogP contribution in [0.2, 0.25) is 0 Å². The second-order valence-electron chi connectivity index (χ2n) is 6.09. The van der Waals surface area contributed by atoms with Crippen molar-refractivity contribution in [3.05, 3.63) is 59.7 Å². The summed E-state index contributed by atoms with van der Waals surface area (Å²) in [6, 6.07) is 16.3. The second-order valence-corrected chi connectivity index (χ2v) is 7.05. The molecule has 3 aromatic heterocycles. The third-order valence-corrected chi connectivity index (χ3v) is 5.18. The van der Waals surface area contributed by atoms with Gasteiger partial charge in [-0.3, -0.25) is 0 Å². The highest BCUT2D eigenvalue weighted by atomic mass is 32.1. The summed E-state index contributed by atoms with van der Waals surface area (Å²) in [5.41, 5.74) is 4.40. The summed E-state index contributed by atoms with van der Waals surface area (Å²) in [5.74, 6) is 1.30. The predicted molar refractivity (Wildman–Crippen MR) is 98.8 cm³/mol. The fraction of sp³-hybridized carbons (Fsp3) is 0.105. The minimum absolute atomic E-state index is 0.624. The average Bonchev–Trinajstić information content (AvgIpc) is 3.27. The monoisotopic (exact) mass is 346 g/mol. The van der Waals surface area contributed by atoms with Gasteiger partial charge in [-0.25, -0.2) is 0 Å². The molecule has 0 aliphatic heterocycles. The van der Waals surface area contributed by atoms with Gasteiger partial charge in [0.05, 0.1) is 0 Å². The van der Waals surface area contributed by atoms with Crippen LogP contribution in [-0.2, 0) is 0 Å². The fourth-order valence-corrected chi connectivity index (χ4v) is 3.95. The van der Waals surface area contributed by atoms with Gasteiger partial charge in [0.15, 0.2) is 5.76 Å². The van der Waals surface area contributed by atoms with Gasteiger partial charge < -0.3 is 4.42 Å². The molecule has 0 amide bonds. The Bertz CT molecular complexity index is 1200. The van der Waals surface area contributed by atoms with Crippen molar-refractivity contribution in [1.29, 1.82) is 0 Å². The van der Waals surface area contributed by atoms with Crippen LogP contribution in [-0.4, -0.2) is 19.8 Å². The van der Waals surface area contributed by atoms with Crippen molar-refractivity contribution >= 4 is 27.3 Å². The number of fused-ring (bicyclic) bond motifs is 2. The number of benzene rings is 2. The van der Waals surface area contributed by atoms with Crippen molar-refractivity contribution in [3.63, 3.8) is 0 Å². The molecule has 0 aliphatic rings. The molecule has 122 valence electrons. The van der Waals surface area contributed by atoms with E-state index in [1.54, 1.807) is 4.52 Å². The number of hydrogen-bond acceptors (Lipinski definition) is 5. The number of rotatable bonds is 2. The Morgan fingerprint density at radius 3 is 2.72 bits per heavy atom. The van der Waals surface area contributed by atoms with E-state index in [2.05, 4.69) is 42.2 Å². The van der Waals surface area contributed by atoms with E-state index in [-0.39, 0.29) is 0 Å². The van der Waals surface area contributed by atoms with Crippen LogP contribution in [0.15, 0.2) is 52.9 Å².